The summed E-state index contributed by atoms with van der Waals surface area (Å²) in [5, 5.41) is 9.23. The Bertz CT molecular complexity index is 1250. The Balaban J connectivity index is 1.83. The van der Waals surface area contributed by atoms with E-state index in [4.69, 9.17) is 4.74 Å². The van der Waals surface area contributed by atoms with Gasteiger partial charge in [0.1, 0.15) is 16.3 Å². The molecule has 0 N–H and O–H groups in total. The topological polar surface area (TPSA) is 69.2 Å². The van der Waals surface area contributed by atoms with E-state index in [-0.39, 0.29) is 18.1 Å². The molecule has 164 valence electrons. The highest BCUT2D eigenvalue weighted by atomic mass is 32.2. The van der Waals surface area contributed by atoms with Crippen molar-refractivity contribution in [2.45, 2.75) is 11.9 Å². The monoisotopic (exact) mass is 454 g/mol. The van der Waals surface area contributed by atoms with E-state index >= 15 is 0 Å². The van der Waals surface area contributed by atoms with Gasteiger partial charge in [0.2, 0.25) is 0 Å². The second kappa shape index (κ2) is 10.7. The molecule has 5 nitrogen and oxygen atoms in total. The van der Waals surface area contributed by atoms with Crippen molar-refractivity contribution in [3.8, 4) is 22.4 Å². The Morgan fingerprint density at radius 2 is 1.36 bits per heavy atom. The first-order valence-electron chi connectivity index (χ1n) is 10.6. The van der Waals surface area contributed by atoms with Crippen LogP contribution in [0.15, 0.2) is 96.0 Å². The Labute approximate surface area is 196 Å². The minimum absolute atomic E-state index is 0.0504. The van der Waals surface area contributed by atoms with Crippen LogP contribution < -0.4 is 0 Å². The van der Waals surface area contributed by atoms with E-state index in [0.717, 1.165) is 11.1 Å². The number of thioether (sulfide) groups is 1. The third kappa shape index (κ3) is 5.18. The first-order chi connectivity index (χ1) is 16.2. The van der Waals surface area contributed by atoms with Gasteiger partial charge in [0.15, 0.2) is 5.78 Å². The molecule has 0 bridgehead atoms. The summed E-state index contributed by atoms with van der Waals surface area (Å²) in [7, 11) is 0. The summed E-state index contributed by atoms with van der Waals surface area (Å²) in [6.45, 7) is 1.99. The molecule has 0 spiro atoms. The molecule has 33 heavy (non-hydrogen) atoms. The van der Waals surface area contributed by atoms with Crippen LogP contribution in [-0.2, 0) is 4.74 Å². The summed E-state index contributed by atoms with van der Waals surface area (Å²) in [6.07, 6.45) is 0. The van der Waals surface area contributed by atoms with Crippen molar-refractivity contribution < 1.29 is 14.3 Å². The Morgan fingerprint density at radius 1 is 0.788 bits per heavy atom. The third-order valence-electron chi connectivity index (χ3n) is 4.97. The van der Waals surface area contributed by atoms with E-state index in [0.29, 0.717) is 27.4 Å². The molecule has 0 aliphatic heterocycles. The number of carbonyl (C=O) groups excluding carboxylic acids is 2. The molecule has 0 amide bonds. The lowest BCUT2D eigenvalue weighted by molar-refractivity contribution is 0.0521. The second-order valence-corrected chi connectivity index (χ2v) is 8.10. The van der Waals surface area contributed by atoms with Crippen LogP contribution in [0.2, 0.25) is 0 Å². The maximum atomic E-state index is 13.2. The van der Waals surface area contributed by atoms with Crippen LogP contribution in [0.5, 0.6) is 0 Å². The summed E-state index contributed by atoms with van der Waals surface area (Å²) >= 11 is 1.19. The standard InChI is InChI=1S/C27H22N2O3S/c1-2-32-27(31)24-23(20-14-8-4-9-15-20)25(21-16-10-5-11-17-21)28-29-26(24)33-18-22(30)19-12-6-3-7-13-19/h3-17H,2,18H2,1H3. The molecule has 3 aromatic carbocycles. The van der Waals surface area contributed by atoms with Crippen molar-refractivity contribution in [3.05, 3.63) is 102 Å². The smallest absolute Gasteiger partial charge is 0.341 e. The highest BCUT2D eigenvalue weighted by molar-refractivity contribution is 8.00. The molecule has 0 atom stereocenters. The average Bonchev–Trinajstić information content (AvgIpc) is 2.88. The Morgan fingerprint density at radius 3 is 1.97 bits per heavy atom. The van der Waals surface area contributed by atoms with Crippen LogP contribution in [-0.4, -0.2) is 34.3 Å². The Hall–Kier alpha value is -3.77. The molecule has 4 aromatic rings. The summed E-state index contributed by atoms with van der Waals surface area (Å²) in [5.74, 6) is -0.409. The van der Waals surface area contributed by atoms with Gasteiger partial charge in [0.25, 0.3) is 0 Å². The molecule has 0 fully saturated rings. The predicted molar refractivity (Wildman–Crippen MR) is 130 cm³/mol. The van der Waals surface area contributed by atoms with Gasteiger partial charge >= 0.3 is 5.97 Å². The number of aromatic nitrogens is 2. The van der Waals surface area contributed by atoms with Gasteiger partial charge in [0.05, 0.1) is 12.4 Å². The van der Waals surface area contributed by atoms with Crippen LogP contribution in [0.25, 0.3) is 22.4 Å². The summed E-state index contributed by atoms with van der Waals surface area (Å²) in [5.41, 5.74) is 3.83. The molecular weight excluding hydrogens is 432 g/mol. The molecule has 4 rings (SSSR count). The molecule has 1 heterocycles. The normalized spacial score (nSPS) is 10.6. The van der Waals surface area contributed by atoms with E-state index < -0.39 is 5.97 Å². The van der Waals surface area contributed by atoms with Gasteiger partial charge in [-0.3, -0.25) is 4.79 Å². The number of ether oxygens (including phenoxy) is 1. The van der Waals surface area contributed by atoms with Crippen LogP contribution in [0.3, 0.4) is 0 Å². The van der Waals surface area contributed by atoms with Crippen molar-refractivity contribution >= 4 is 23.5 Å². The van der Waals surface area contributed by atoms with Crippen molar-refractivity contribution in [1.82, 2.24) is 10.2 Å². The van der Waals surface area contributed by atoms with Gasteiger partial charge in [0, 0.05) is 16.7 Å². The van der Waals surface area contributed by atoms with Crippen molar-refractivity contribution in [3.63, 3.8) is 0 Å². The van der Waals surface area contributed by atoms with Gasteiger partial charge in [-0.15, -0.1) is 10.2 Å². The first-order valence-corrected chi connectivity index (χ1v) is 11.6. The molecule has 0 saturated carbocycles. The zero-order valence-corrected chi connectivity index (χ0v) is 18.9. The molecule has 0 unspecified atom stereocenters. The van der Waals surface area contributed by atoms with Gasteiger partial charge < -0.3 is 4.74 Å². The van der Waals surface area contributed by atoms with Gasteiger partial charge in [-0.05, 0) is 12.5 Å². The number of rotatable bonds is 8. The predicted octanol–water partition coefficient (Wildman–Crippen LogP) is 5.96. The average molecular weight is 455 g/mol. The zero-order valence-electron chi connectivity index (χ0n) is 18.1. The fraction of sp³-hybridized carbons (Fsp3) is 0.111. The number of Topliss-reactive ketones (excluding diaryl/α,β-unsaturated/α-hetero) is 1. The van der Waals surface area contributed by atoms with Gasteiger partial charge in [-0.1, -0.05) is 103 Å². The quantitative estimate of drug-likeness (QED) is 0.186. The van der Waals surface area contributed by atoms with Gasteiger partial charge in [-0.25, -0.2) is 4.79 Å². The Kier molecular flexibility index (Phi) is 7.27. The van der Waals surface area contributed by atoms with E-state index in [1.54, 1.807) is 19.1 Å². The number of nitrogens with zero attached hydrogens (tertiary/aromatic N) is 2. The molecular formula is C27H22N2O3S. The largest absolute Gasteiger partial charge is 0.462 e. The fourth-order valence-electron chi connectivity index (χ4n) is 3.44. The number of esters is 1. The summed E-state index contributed by atoms with van der Waals surface area (Å²) in [4.78, 5) is 25.9. The van der Waals surface area contributed by atoms with Crippen LogP contribution in [0, 0.1) is 0 Å². The summed E-state index contributed by atoms with van der Waals surface area (Å²) in [6, 6.07) is 28.2. The first kappa shape index (κ1) is 22.4. The molecule has 0 saturated heterocycles. The molecule has 0 aliphatic carbocycles. The van der Waals surface area contributed by atoms with E-state index in [1.165, 1.54) is 11.8 Å². The van der Waals surface area contributed by atoms with Crippen molar-refractivity contribution in [1.29, 1.82) is 0 Å². The molecule has 6 heteroatoms. The lowest BCUT2D eigenvalue weighted by atomic mass is 9.96. The maximum Gasteiger partial charge on any atom is 0.341 e. The number of hydrogen-bond acceptors (Lipinski definition) is 6. The lowest BCUT2D eigenvalue weighted by Gasteiger charge is -2.16. The minimum Gasteiger partial charge on any atom is -0.462 e. The van der Waals surface area contributed by atoms with E-state index in [2.05, 4.69) is 10.2 Å². The number of carbonyl (C=O) groups is 2. The third-order valence-corrected chi connectivity index (χ3v) is 5.93. The van der Waals surface area contributed by atoms with Crippen molar-refractivity contribution in [2.75, 3.05) is 12.4 Å². The highest BCUT2D eigenvalue weighted by Gasteiger charge is 2.26. The summed E-state index contributed by atoms with van der Waals surface area (Å²) < 4.78 is 5.41. The van der Waals surface area contributed by atoms with Crippen LogP contribution in [0.4, 0.5) is 0 Å². The van der Waals surface area contributed by atoms with Crippen LogP contribution >= 0.6 is 11.8 Å². The fourth-order valence-corrected chi connectivity index (χ4v) is 4.30. The minimum atomic E-state index is -0.488. The van der Waals surface area contributed by atoms with Crippen molar-refractivity contribution in [2.24, 2.45) is 0 Å². The SMILES string of the molecule is CCOC(=O)c1c(SCC(=O)c2ccccc2)nnc(-c2ccccc2)c1-c1ccccc1. The zero-order chi connectivity index (χ0) is 23.0. The number of benzene rings is 3. The van der Waals surface area contributed by atoms with E-state index in [9.17, 15) is 9.59 Å². The molecule has 0 radical (unpaired) electrons. The molecule has 1 aromatic heterocycles. The highest BCUT2D eigenvalue weighted by Crippen LogP contribution is 2.37. The number of hydrogen-bond donors (Lipinski definition) is 0. The van der Waals surface area contributed by atoms with E-state index in [1.807, 2.05) is 78.9 Å². The van der Waals surface area contributed by atoms with Gasteiger partial charge in [-0.2, -0.15) is 0 Å². The lowest BCUT2D eigenvalue weighted by Crippen LogP contribution is -2.13. The van der Waals surface area contributed by atoms with Crippen LogP contribution in [0.1, 0.15) is 27.6 Å². The number of ketones is 1. The second-order valence-electron chi connectivity index (χ2n) is 7.13. The molecule has 0 aliphatic rings. The maximum absolute atomic E-state index is 13.2.